The summed E-state index contributed by atoms with van der Waals surface area (Å²) in [5.74, 6) is -0.480. The Hall–Kier alpha value is -3.56. The number of fused-ring (bicyclic) bond motifs is 1. The van der Waals surface area contributed by atoms with Crippen LogP contribution in [0.25, 0.3) is 11.0 Å². The third kappa shape index (κ3) is 4.00. The number of benzene rings is 3. The second kappa shape index (κ2) is 8.18. The topological polar surface area (TPSA) is 102 Å². The van der Waals surface area contributed by atoms with Gasteiger partial charge in [-0.15, -0.1) is 0 Å². The van der Waals surface area contributed by atoms with Gasteiger partial charge in [0.15, 0.2) is 0 Å². The number of carbonyl (C=O) groups excluding carboxylic acids is 1. The minimum Gasteiger partial charge on any atom is -0.322 e. The van der Waals surface area contributed by atoms with E-state index in [4.69, 9.17) is 11.6 Å². The number of aryl methyl sites for hydroxylation is 2. The molecule has 3 aromatic carbocycles. The van der Waals surface area contributed by atoms with Gasteiger partial charge in [-0.3, -0.25) is 18.7 Å². The number of aromatic nitrogens is 2. The normalized spacial score (nSPS) is 11.5. The van der Waals surface area contributed by atoms with Crippen molar-refractivity contribution < 1.29 is 13.2 Å². The predicted molar refractivity (Wildman–Crippen MR) is 125 cm³/mol. The molecule has 0 fully saturated rings. The first kappa shape index (κ1) is 21.7. The van der Waals surface area contributed by atoms with Gasteiger partial charge in [-0.25, -0.2) is 13.2 Å². The van der Waals surface area contributed by atoms with Crippen molar-refractivity contribution >= 4 is 49.9 Å². The molecule has 0 radical (unpaired) electrons. The van der Waals surface area contributed by atoms with Crippen LogP contribution in [-0.2, 0) is 24.1 Å². The van der Waals surface area contributed by atoms with Crippen molar-refractivity contribution in [3.63, 3.8) is 0 Å². The Morgan fingerprint density at radius 2 is 1.56 bits per heavy atom. The molecule has 32 heavy (non-hydrogen) atoms. The number of para-hydroxylation sites is 1. The minimum absolute atomic E-state index is 0.0286. The van der Waals surface area contributed by atoms with E-state index in [1.54, 1.807) is 56.6 Å². The Balaban J connectivity index is 1.66. The summed E-state index contributed by atoms with van der Waals surface area (Å²) < 4.78 is 31.4. The van der Waals surface area contributed by atoms with Gasteiger partial charge in [-0.05, 0) is 54.6 Å². The van der Waals surface area contributed by atoms with Gasteiger partial charge in [0.25, 0.3) is 15.9 Å². The number of imidazole rings is 1. The van der Waals surface area contributed by atoms with Crippen LogP contribution in [0.4, 0.5) is 11.4 Å². The maximum absolute atomic E-state index is 13.1. The third-order valence-corrected chi connectivity index (χ3v) is 6.69. The average Bonchev–Trinajstić information content (AvgIpc) is 2.99. The summed E-state index contributed by atoms with van der Waals surface area (Å²) >= 11 is 5.87. The summed E-state index contributed by atoms with van der Waals surface area (Å²) in [4.78, 5) is 24.9. The highest BCUT2D eigenvalue weighted by molar-refractivity contribution is 7.92. The highest BCUT2D eigenvalue weighted by Crippen LogP contribution is 2.24. The molecule has 0 spiro atoms. The zero-order valence-electron chi connectivity index (χ0n) is 17.2. The number of nitrogens with zero attached hydrogens (tertiary/aromatic N) is 2. The molecule has 1 amide bonds. The van der Waals surface area contributed by atoms with E-state index in [0.717, 1.165) is 0 Å². The van der Waals surface area contributed by atoms with Crippen LogP contribution >= 0.6 is 11.6 Å². The lowest BCUT2D eigenvalue weighted by molar-refractivity contribution is 0.102. The van der Waals surface area contributed by atoms with Gasteiger partial charge in [0.2, 0.25) is 0 Å². The number of anilines is 2. The summed E-state index contributed by atoms with van der Waals surface area (Å²) in [6, 6.07) is 17.3. The van der Waals surface area contributed by atoms with Crippen LogP contribution in [0, 0.1) is 0 Å². The van der Waals surface area contributed by atoms with Crippen LogP contribution in [0.5, 0.6) is 0 Å². The zero-order valence-corrected chi connectivity index (χ0v) is 18.7. The Labute approximate surface area is 189 Å². The van der Waals surface area contributed by atoms with Crippen molar-refractivity contribution in [2.75, 3.05) is 10.0 Å². The first-order valence-electron chi connectivity index (χ1n) is 9.51. The molecule has 0 saturated carbocycles. The molecule has 0 bridgehead atoms. The van der Waals surface area contributed by atoms with Crippen LogP contribution in [0.15, 0.2) is 76.4 Å². The third-order valence-electron chi connectivity index (χ3n) is 5.07. The number of amides is 1. The van der Waals surface area contributed by atoms with Crippen molar-refractivity contribution in [2.45, 2.75) is 4.90 Å². The van der Waals surface area contributed by atoms with Crippen LogP contribution in [-0.4, -0.2) is 23.5 Å². The minimum atomic E-state index is -4.03. The number of nitrogens with one attached hydrogen (secondary N) is 2. The fourth-order valence-corrected chi connectivity index (χ4v) is 4.58. The van der Waals surface area contributed by atoms with E-state index in [0.29, 0.717) is 21.7 Å². The predicted octanol–water partition coefficient (Wildman–Crippen LogP) is 3.58. The van der Waals surface area contributed by atoms with E-state index < -0.39 is 15.9 Å². The number of sulfonamides is 1. The summed E-state index contributed by atoms with van der Waals surface area (Å²) in [7, 11) is -0.840. The Morgan fingerprint density at radius 1 is 0.906 bits per heavy atom. The lowest BCUT2D eigenvalue weighted by Crippen LogP contribution is -2.19. The number of carbonyl (C=O) groups is 1. The number of rotatable bonds is 5. The van der Waals surface area contributed by atoms with E-state index in [-0.39, 0.29) is 21.8 Å². The SMILES string of the molecule is Cn1c(=O)n(C)c2cc(S(=O)(=O)Nc3ccccc3C(=O)Nc3ccc(Cl)cc3)ccc21. The van der Waals surface area contributed by atoms with E-state index >= 15 is 0 Å². The second-order valence-electron chi connectivity index (χ2n) is 7.16. The molecule has 1 heterocycles. The van der Waals surface area contributed by atoms with Crippen molar-refractivity contribution in [2.24, 2.45) is 14.1 Å². The summed E-state index contributed by atoms with van der Waals surface area (Å²) in [5, 5.41) is 3.25. The molecule has 0 saturated heterocycles. The van der Waals surface area contributed by atoms with E-state index in [1.165, 1.54) is 33.4 Å². The monoisotopic (exact) mass is 470 g/mol. The van der Waals surface area contributed by atoms with E-state index in [9.17, 15) is 18.0 Å². The van der Waals surface area contributed by atoms with Gasteiger partial charge in [-0.2, -0.15) is 0 Å². The van der Waals surface area contributed by atoms with Crippen LogP contribution < -0.4 is 15.7 Å². The Kier molecular flexibility index (Phi) is 5.53. The highest BCUT2D eigenvalue weighted by atomic mass is 35.5. The molecule has 4 aromatic rings. The number of hydrogen-bond donors (Lipinski definition) is 2. The van der Waals surface area contributed by atoms with Gasteiger partial charge >= 0.3 is 5.69 Å². The second-order valence-corrected chi connectivity index (χ2v) is 9.28. The van der Waals surface area contributed by atoms with Gasteiger partial charge in [0.1, 0.15) is 0 Å². The van der Waals surface area contributed by atoms with Crippen LogP contribution in [0.2, 0.25) is 5.02 Å². The first-order chi connectivity index (χ1) is 15.2. The molecular formula is C22H19ClN4O4S. The summed E-state index contributed by atoms with van der Waals surface area (Å²) in [6.45, 7) is 0. The van der Waals surface area contributed by atoms with Crippen molar-refractivity contribution in [3.8, 4) is 0 Å². The molecule has 10 heteroatoms. The Morgan fingerprint density at radius 3 is 2.28 bits per heavy atom. The van der Waals surface area contributed by atoms with Gasteiger partial charge < -0.3 is 5.32 Å². The highest BCUT2D eigenvalue weighted by Gasteiger charge is 2.20. The Bertz CT molecular complexity index is 1510. The van der Waals surface area contributed by atoms with Crippen molar-refractivity contribution in [3.05, 3.63) is 87.8 Å². The maximum atomic E-state index is 13.1. The molecule has 164 valence electrons. The number of halogens is 1. The molecule has 1 aromatic heterocycles. The molecule has 4 rings (SSSR count). The molecule has 0 aliphatic carbocycles. The van der Waals surface area contributed by atoms with Crippen LogP contribution in [0.3, 0.4) is 0 Å². The fourth-order valence-electron chi connectivity index (χ4n) is 3.36. The van der Waals surface area contributed by atoms with Crippen molar-refractivity contribution in [1.82, 2.24) is 9.13 Å². The van der Waals surface area contributed by atoms with Gasteiger partial charge in [0.05, 0.1) is 27.2 Å². The largest absolute Gasteiger partial charge is 0.328 e. The molecule has 0 aliphatic heterocycles. The quantitative estimate of drug-likeness (QED) is 0.465. The smallest absolute Gasteiger partial charge is 0.322 e. The molecular weight excluding hydrogens is 452 g/mol. The standard InChI is InChI=1S/C22H19ClN4O4S/c1-26-19-12-11-16(13-20(19)27(2)22(26)29)32(30,31)25-18-6-4-3-5-17(18)21(28)24-15-9-7-14(23)8-10-15/h3-13,25H,1-2H3,(H,24,28). The lowest BCUT2D eigenvalue weighted by Gasteiger charge is -2.13. The summed E-state index contributed by atoms with van der Waals surface area (Å²) in [5.41, 5.74) is 1.63. The van der Waals surface area contributed by atoms with Crippen molar-refractivity contribution in [1.29, 1.82) is 0 Å². The van der Waals surface area contributed by atoms with Gasteiger partial charge in [-0.1, -0.05) is 23.7 Å². The fraction of sp³-hybridized carbons (Fsp3) is 0.0909. The average molecular weight is 471 g/mol. The van der Waals surface area contributed by atoms with Gasteiger partial charge in [0, 0.05) is 24.8 Å². The van der Waals surface area contributed by atoms with Crippen LogP contribution in [0.1, 0.15) is 10.4 Å². The summed E-state index contributed by atoms with van der Waals surface area (Å²) in [6.07, 6.45) is 0. The molecule has 0 aliphatic rings. The van der Waals surface area contributed by atoms with E-state index in [1.807, 2.05) is 0 Å². The molecule has 0 unspecified atom stereocenters. The lowest BCUT2D eigenvalue weighted by atomic mass is 10.1. The molecule has 2 N–H and O–H groups in total. The molecule has 8 nitrogen and oxygen atoms in total. The maximum Gasteiger partial charge on any atom is 0.328 e. The van der Waals surface area contributed by atoms with E-state index in [2.05, 4.69) is 10.0 Å². The zero-order chi connectivity index (χ0) is 23.0. The molecule has 0 atom stereocenters. The number of hydrogen-bond acceptors (Lipinski definition) is 4. The first-order valence-corrected chi connectivity index (χ1v) is 11.4.